The number of hydrogen-bond acceptors (Lipinski definition) is 2. The van der Waals surface area contributed by atoms with Gasteiger partial charge in [0.05, 0.1) is 22.5 Å². The highest BCUT2D eigenvalue weighted by atomic mass is 32.2. The Hall–Kier alpha value is -2.12. The van der Waals surface area contributed by atoms with E-state index in [-0.39, 0.29) is 10.9 Å². The number of aryl methyl sites for hydroxylation is 1. The minimum absolute atomic E-state index is 0.207. The van der Waals surface area contributed by atoms with Crippen LogP contribution in [-0.2, 0) is 16.2 Å². The smallest absolute Gasteiger partial charge is 0.207 e. The third-order valence-electron chi connectivity index (χ3n) is 5.64. The summed E-state index contributed by atoms with van der Waals surface area (Å²) in [5, 5.41) is 0. The van der Waals surface area contributed by atoms with E-state index in [0.717, 1.165) is 49.0 Å². The monoisotopic (exact) mass is 421 g/mol. The lowest BCUT2D eigenvalue weighted by molar-refractivity contribution is -0.137. The van der Waals surface area contributed by atoms with Crippen molar-refractivity contribution < 1.29 is 21.6 Å². The molecule has 1 saturated heterocycles. The second kappa shape index (κ2) is 7.29. The number of benzene rings is 2. The van der Waals surface area contributed by atoms with E-state index >= 15 is 0 Å². The molecule has 0 aromatic heterocycles. The topological polar surface area (TPSA) is 37.1 Å². The Balaban J connectivity index is 1.70. The van der Waals surface area contributed by atoms with E-state index in [4.69, 9.17) is 0 Å². The number of sulfonamides is 1. The summed E-state index contributed by atoms with van der Waals surface area (Å²) in [7, 11) is -3.75. The molecule has 1 fully saturated rings. The van der Waals surface area contributed by atoms with E-state index in [1.165, 1.54) is 16.4 Å². The molecule has 0 amide bonds. The largest absolute Gasteiger partial charge is 0.416 e. The van der Waals surface area contributed by atoms with E-state index in [1.54, 1.807) is 24.3 Å². The molecule has 1 aliphatic carbocycles. The Labute approximate surface area is 168 Å². The quantitative estimate of drug-likeness (QED) is 0.474. The molecule has 7 heteroatoms. The van der Waals surface area contributed by atoms with Gasteiger partial charge in [0.2, 0.25) is 10.0 Å². The van der Waals surface area contributed by atoms with Crippen LogP contribution in [-0.4, -0.2) is 18.8 Å². The van der Waals surface area contributed by atoms with Crippen molar-refractivity contribution in [2.45, 2.75) is 55.8 Å². The maximum absolute atomic E-state index is 13.3. The van der Waals surface area contributed by atoms with E-state index in [2.05, 4.69) is 6.08 Å². The Kier molecular flexibility index (Phi) is 5.07. The van der Waals surface area contributed by atoms with Crippen LogP contribution in [0.5, 0.6) is 0 Å². The number of allylic oxidation sites excluding steroid dienone is 1. The highest BCUT2D eigenvalue weighted by molar-refractivity contribution is 7.89. The molecule has 1 aliphatic heterocycles. The zero-order valence-electron chi connectivity index (χ0n) is 16.0. The van der Waals surface area contributed by atoms with Crippen molar-refractivity contribution in [2.75, 3.05) is 0 Å². The average molecular weight is 421 g/mol. The van der Waals surface area contributed by atoms with Gasteiger partial charge < -0.3 is 0 Å². The lowest BCUT2D eigenvalue weighted by atomic mass is 9.94. The first-order chi connectivity index (χ1) is 13.7. The zero-order valence-corrected chi connectivity index (χ0v) is 16.8. The molecule has 2 aliphatic rings. The third-order valence-corrected chi connectivity index (χ3v) is 7.52. The lowest BCUT2D eigenvalue weighted by Gasteiger charge is -2.12. The summed E-state index contributed by atoms with van der Waals surface area (Å²) in [5.41, 5.74) is 1.88. The van der Waals surface area contributed by atoms with Gasteiger partial charge in [-0.3, -0.25) is 0 Å². The van der Waals surface area contributed by atoms with E-state index in [0.29, 0.717) is 5.56 Å². The second-order valence-corrected chi connectivity index (χ2v) is 9.53. The third kappa shape index (κ3) is 3.85. The summed E-state index contributed by atoms with van der Waals surface area (Å²) < 4.78 is 66.7. The maximum atomic E-state index is 13.3. The van der Waals surface area contributed by atoms with E-state index < -0.39 is 27.8 Å². The molecule has 0 N–H and O–H groups in total. The zero-order chi connectivity index (χ0) is 20.8. The molecule has 0 saturated carbocycles. The molecule has 1 unspecified atom stereocenters. The molecule has 2 aromatic carbocycles. The van der Waals surface area contributed by atoms with Crippen molar-refractivity contribution in [3.8, 4) is 0 Å². The molecule has 154 valence electrons. The SMILES string of the molecule is Cc1ccc(S(=O)(=O)N2[C@H](c3ccc(C(F)(F)F)cc3)[C@@H]2C2=CCCCC2)cc1. The van der Waals surface area contributed by atoms with Crippen LogP contribution in [0.3, 0.4) is 0 Å². The molecule has 0 bridgehead atoms. The molecule has 4 rings (SSSR count). The molecule has 0 spiro atoms. The molecule has 3 atom stereocenters. The minimum Gasteiger partial charge on any atom is -0.207 e. The standard InChI is InChI=1S/C22H22F3NO2S/c1-15-7-13-19(14-8-15)29(27,28)26-20(16-5-3-2-4-6-16)21(26)17-9-11-18(12-10-17)22(23,24)25/h5,7-14,20-21H,2-4,6H2,1H3/t20-,21+,26?/m0/s1. The lowest BCUT2D eigenvalue weighted by Crippen LogP contribution is -2.16. The maximum Gasteiger partial charge on any atom is 0.416 e. The van der Waals surface area contributed by atoms with Gasteiger partial charge in [0.25, 0.3) is 0 Å². The van der Waals surface area contributed by atoms with Gasteiger partial charge in [0, 0.05) is 0 Å². The molecule has 3 nitrogen and oxygen atoms in total. The minimum atomic E-state index is -4.42. The Bertz CT molecular complexity index is 1030. The van der Waals surface area contributed by atoms with E-state index in [9.17, 15) is 21.6 Å². The fraction of sp³-hybridized carbons (Fsp3) is 0.364. The molecule has 1 heterocycles. The van der Waals surface area contributed by atoms with Crippen LogP contribution < -0.4 is 0 Å². The van der Waals surface area contributed by atoms with Crippen molar-refractivity contribution in [3.05, 3.63) is 76.9 Å². The summed E-state index contributed by atoms with van der Waals surface area (Å²) in [5.74, 6) is 0. The predicted molar refractivity (Wildman–Crippen MR) is 105 cm³/mol. The van der Waals surface area contributed by atoms with Crippen molar-refractivity contribution in [1.82, 2.24) is 4.31 Å². The summed E-state index contributed by atoms with van der Waals surface area (Å²) in [6, 6.07) is 10.7. The highest BCUT2D eigenvalue weighted by Gasteiger charge is 2.57. The number of rotatable bonds is 4. The number of nitrogens with zero attached hydrogens (tertiary/aromatic N) is 1. The average Bonchev–Trinajstić information content (AvgIpc) is 3.45. The summed E-state index contributed by atoms with van der Waals surface area (Å²) in [4.78, 5) is 0.207. The van der Waals surface area contributed by atoms with E-state index in [1.807, 2.05) is 6.92 Å². The van der Waals surface area contributed by atoms with Gasteiger partial charge in [-0.05, 0) is 62.4 Å². The van der Waals surface area contributed by atoms with Gasteiger partial charge in [0.1, 0.15) is 0 Å². The van der Waals surface area contributed by atoms with Crippen LogP contribution in [0.2, 0.25) is 0 Å². The normalized spacial score (nSPS) is 24.8. The van der Waals surface area contributed by atoms with Gasteiger partial charge in [0.15, 0.2) is 0 Å². The molecule has 2 aromatic rings. The first-order valence-corrected chi connectivity index (χ1v) is 11.1. The fourth-order valence-corrected chi connectivity index (χ4v) is 5.79. The summed E-state index contributed by atoms with van der Waals surface area (Å²) in [6.07, 6.45) is 1.48. The van der Waals surface area contributed by atoms with Crippen molar-refractivity contribution in [2.24, 2.45) is 0 Å². The molecule has 0 radical (unpaired) electrons. The van der Waals surface area contributed by atoms with Gasteiger partial charge in [-0.15, -0.1) is 0 Å². The van der Waals surface area contributed by atoms with Gasteiger partial charge in [-0.2, -0.15) is 17.5 Å². The first-order valence-electron chi connectivity index (χ1n) is 9.66. The van der Waals surface area contributed by atoms with Crippen LogP contribution >= 0.6 is 0 Å². The highest BCUT2D eigenvalue weighted by Crippen LogP contribution is 2.52. The van der Waals surface area contributed by atoms with Crippen LogP contribution in [0, 0.1) is 6.92 Å². The number of hydrogen-bond donors (Lipinski definition) is 0. The molecular formula is C22H22F3NO2S. The first kappa shape index (κ1) is 20.2. The van der Waals surface area contributed by atoms with Crippen LogP contribution in [0.25, 0.3) is 0 Å². The van der Waals surface area contributed by atoms with Crippen molar-refractivity contribution in [3.63, 3.8) is 0 Å². The van der Waals surface area contributed by atoms with Crippen molar-refractivity contribution in [1.29, 1.82) is 0 Å². The number of halogens is 3. The molecular weight excluding hydrogens is 399 g/mol. The van der Waals surface area contributed by atoms with Gasteiger partial charge in [-0.25, -0.2) is 8.42 Å². The van der Waals surface area contributed by atoms with Crippen LogP contribution in [0.4, 0.5) is 13.2 Å². The Morgan fingerprint density at radius 2 is 1.59 bits per heavy atom. The summed E-state index contributed by atoms with van der Waals surface area (Å²) >= 11 is 0. The summed E-state index contributed by atoms with van der Waals surface area (Å²) in [6.45, 7) is 1.88. The Morgan fingerprint density at radius 1 is 0.931 bits per heavy atom. The van der Waals surface area contributed by atoms with Crippen molar-refractivity contribution >= 4 is 10.0 Å². The predicted octanol–water partition coefficient (Wildman–Crippen LogP) is 5.63. The van der Waals surface area contributed by atoms with Crippen LogP contribution in [0.1, 0.15) is 48.4 Å². The Morgan fingerprint density at radius 3 is 2.14 bits per heavy atom. The second-order valence-electron chi connectivity index (χ2n) is 7.68. The molecule has 29 heavy (non-hydrogen) atoms. The van der Waals surface area contributed by atoms with Gasteiger partial charge in [-0.1, -0.05) is 41.5 Å². The van der Waals surface area contributed by atoms with Crippen LogP contribution in [0.15, 0.2) is 65.1 Å². The van der Waals surface area contributed by atoms with Gasteiger partial charge >= 0.3 is 6.18 Å². The fourth-order valence-electron chi connectivity index (χ4n) is 4.04. The number of alkyl halides is 3.